The van der Waals surface area contributed by atoms with E-state index in [0.717, 1.165) is 28.5 Å². The van der Waals surface area contributed by atoms with Gasteiger partial charge in [0, 0.05) is 0 Å². The van der Waals surface area contributed by atoms with Crippen molar-refractivity contribution in [3.05, 3.63) is 30.0 Å². The van der Waals surface area contributed by atoms with Crippen molar-refractivity contribution in [1.82, 2.24) is 9.59 Å². The third-order valence-corrected chi connectivity index (χ3v) is 3.46. The van der Waals surface area contributed by atoms with Gasteiger partial charge in [0.05, 0.1) is 17.2 Å². The molecule has 3 rings (SSSR count). The third-order valence-electron chi connectivity index (χ3n) is 2.59. The van der Waals surface area contributed by atoms with E-state index in [1.165, 1.54) is 11.5 Å². The van der Waals surface area contributed by atoms with Gasteiger partial charge >= 0.3 is 0 Å². The lowest BCUT2D eigenvalue weighted by Gasteiger charge is -2.05. The molecule has 1 atom stereocenters. The van der Waals surface area contributed by atoms with Gasteiger partial charge in [0.25, 0.3) is 0 Å². The van der Waals surface area contributed by atoms with E-state index in [-0.39, 0.29) is 6.10 Å². The predicted molar refractivity (Wildman–Crippen MR) is 65.3 cm³/mol. The van der Waals surface area contributed by atoms with Crippen molar-refractivity contribution in [2.24, 2.45) is 0 Å². The summed E-state index contributed by atoms with van der Waals surface area (Å²) in [6.45, 7) is 3.41. The van der Waals surface area contributed by atoms with Crippen molar-refractivity contribution < 1.29 is 9.47 Å². The summed E-state index contributed by atoms with van der Waals surface area (Å²) in [5.74, 6) is 0.866. The molecule has 1 aliphatic rings. The Labute approximate surface area is 103 Å². The van der Waals surface area contributed by atoms with Crippen LogP contribution in [-0.4, -0.2) is 28.9 Å². The van der Waals surface area contributed by atoms with Gasteiger partial charge in [-0.05, 0) is 36.2 Å². The van der Waals surface area contributed by atoms with Gasteiger partial charge in [-0.1, -0.05) is 16.6 Å². The number of hydrogen-bond acceptors (Lipinski definition) is 5. The molecule has 0 bridgehead atoms. The maximum absolute atomic E-state index is 5.65. The molecule has 0 aliphatic carbocycles. The fraction of sp³-hybridized carbons (Fsp3) is 0.333. The molecule has 4 nitrogen and oxygen atoms in total. The Hall–Kier alpha value is -1.46. The van der Waals surface area contributed by atoms with E-state index in [2.05, 4.69) is 9.59 Å². The molecule has 1 unspecified atom stereocenters. The number of benzene rings is 1. The first-order valence-electron chi connectivity index (χ1n) is 5.47. The first-order chi connectivity index (χ1) is 8.33. The molecular formula is C12H12N2O2S. The van der Waals surface area contributed by atoms with Gasteiger partial charge in [-0.15, -0.1) is 5.10 Å². The third kappa shape index (κ3) is 2.45. The van der Waals surface area contributed by atoms with Gasteiger partial charge in [-0.3, -0.25) is 0 Å². The van der Waals surface area contributed by atoms with Crippen LogP contribution >= 0.6 is 11.5 Å². The van der Waals surface area contributed by atoms with Crippen molar-refractivity contribution in [2.75, 3.05) is 13.2 Å². The van der Waals surface area contributed by atoms with E-state index in [9.17, 15) is 0 Å². The normalized spacial score (nSPS) is 18.1. The average Bonchev–Trinajstić information content (AvgIpc) is 3.08. The first-order valence-corrected chi connectivity index (χ1v) is 6.24. The lowest BCUT2D eigenvalue weighted by Crippen LogP contribution is -2.03. The monoisotopic (exact) mass is 248 g/mol. The molecule has 2 heterocycles. The fourth-order valence-corrected chi connectivity index (χ4v) is 2.23. The van der Waals surface area contributed by atoms with Crippen LogP contribution in [0, 0.1) is 6.92 Å². The SMILES string of the molecule is Cc1nnsc1-c1cccc(OCC2CO2)c1. The molecule has 1 aromatic heterocycles. The second-order valence-electron chi connectivity index (χ2n) is 3.98. The Morgan fingerprint density at radius 2 is 2.41 bits per heavy atom. The highest BCUT2D eigenvalue weighted by atomic mass is 32.1. The average molecular weight is 248 g/mol. The molecule has 0 N–H and O–H groups in total. The molecule has 5 heteroatoms. The van der Waals surface area contributed by atoms with Crippen molar-refractivity contribution in [1.29, 1.82) is 0 Å². The van der Waals surface area contributed by atoms with Gasteiger partial charge in [0.1, 0.15) is 18.5 Å². The molecule has 1 fully saturated rings. The number of aryl methyl sites for hydroxylation is 1. The van der Waals surface area contributed by atoms with Gasteiger partial charge < -0.3 is 9.47 Å². The highest BCUT2D eigenvalue weighted by molar-refractivity contribution is 7.09. The zero-order valence-electron chi connectivity index (χ0n) is 9.42. The zero-order chi connectivity index (χ0) is 11.7. The van der Waals surface area contributed by atoms with E-state index in [4.69, 9.17) is 9.47 Å². The summed E-state index contributed by atoms with van der Waals surface area (Å²) in [7, 11) is 0. The Balaban J connectivity index is 1.80. The summed E-state index contributed by atoms with van der Waals surface area (Å²) >= 11 is 1.41. The Morgan fingerprint density at radius 3 is 3.12 bits per heavy atom. The summed E-state index contributed by atoms with van der Waals surface area (Å²) in [6, 6.07) is 8.00. The molecule has 1 aromatic carbocycles. The zero-order valence-corrected chi connectivity index (χ0v) is 10.2. The summed E-state index contributed by atoms with van der Waals surface area (Å²) in [4.78, 5) is 1.10. The number of rotatable bonds is 4. The van der Waals surface area contributed by atoms with E-state index in [0.29, 0.717) is 6.61 Å². The number of hydrogen-bond donors (Lipinski definition) is 0. The number of nitrogens with zero attached hydrogens (tertiary/aromatic N) is 2. The fourth-order valence-electron chi connectivity index (χ4n) is 1.58. The first kappa shape index (κ1) is 10.7. The standard InChI is InChI=1S/C12H12N2O2S/c1-8-12(17-14-13-8)9-3-2-4-10(5-9)15-6-11-7-16-11/h2-5,11H,6-7H2,1H3. The van der Waals surface area contributed by atoms with E-state index in [1.54, 1.807) is 0 Å². The van der Waals surface area contributed by atoms with Crippen molar-refractivity contribution in [3.63, 3.8) is 0 Å². The maximum Gasteiger partial charge on any atom is 0.120 e. The molecule has 0 amide bonds. The highest BCUT2D eigenvalue weighted by Crippen LogP contribution is 2.28. The Morgan fingerprint density at radius 1 is 1.53 bits per heavy atom. The molecule has 17 heavy (non-hydrogen) atoms. The molecule has 0 radical (unpaired) electrons. The van der Waals surface area contributed by atoms with Crippen LogP contribution in [0.2, 0.25) is 0 Å². The van der Waals surface area contributed by atoms with Crippen LogP contribution in [0.5, 0.6) is 5.75 Å². The molecule has 1 aliphatic heterocycles. The summed E-state index contributed by atoms with van der Waals surface area (Å²) < 4.78 is 14.7. The Bertz CT molecular complexity index is 523. The van der Waals surface area contributed by atoms with Gasteiger partial charge in [0.15, 0.2) is 0 Å². The predicted octanol–water partition coefficient (Wildman–Crippen LogP) is 2.29. The molecule has 2 aromatic rings. The second-order valence-corrected chi connectivity index (χ2v) is 4.74. The minimum absolute atomic E-state index is 0.283. The van der Waals surface area contributed by atoms with Crippen molar-refractivity contribution in [3.8, 4) is 16.2 Å². The quantitative estimate of drug-likeness (QED) is 0.779. The minimum Gasteiger partial charge on any atom is -0.491 e. The van der Waals surface area contributed by atoms with E-state index >= 15 is 0 Å². The Kier molecular flexibility index (Phi) is 2.78. The summed E-state index contributed by atoms with van der Waals surface area (Å²) in [6.07, 6.45) is 0.283. The topological polar surface area (TPSA) is 47.5 Å². The maximum atomic E-state index is 5.65. The van der Waals surface area contributed by atoms with Crippen LogP contribution in [0.4, 0.5) is 0 Å². The summed E-state index contributed by atoms with van der Waals surface area (Å²) in [5, 5.41) is 4.01. The largest absolute Gasteiger partial charge is 0.491 e. The van der Waals surface area contributed by atoms with Gasteiger partial charge in [-0.2, -0.15) is 0 Å². The van der Waals surface area contributed by atoms with Crippen LogP contribution in [0.1, 0.15) is 5.69 Å². The van der Waals surface area contributed by atoms with Crippen LogP contribution in [0.3, 0.4) is 0 Å². The van der Waals surface area contributed by atoms with E-state index < -0.39 is 0 Å². The van der Waals surface area contributed by atoms with Crippen LogP contribution < -0.4 is 4.74 Å². The number of aromatic nitrogens is 2. The van der Waals surface area contributed by atoms with Crippen LogP contribution in [0.25, 0.3) is 10.4 Å². The van der Waals surface area contributed by atoms with Crippen LogP contribution in [-0.2, 0) is 4.74 Å². The smallest absolute Gasteiger partial charge is 0.120 e. The number of ether oxygens (including phenoxy) is 2. The molecular weight excluding hydrogens is 236 g/mol. The summed E-state index contributed by atoms with van der Waals surface area (Å²) in [5.41, 5.74) is 2.06. The van der Waals surface area contributed by atoms with E-state index in [1.807, 2.05) is 31.2 Å². The molecule has 1 saturated heterocycles. The minimum atomic E-state index is 0.283. The number of epoxide rings is 1. The molecule has 0 saturated carbocycles. The lowest BCUT2D eigenvalue weighted by atomic mass is 10.1. The molecule has 0 spiro atoms. The molecule has 88 valence electrons. The van der Waals surface area contributed by atoms with Gasteiger partial charge in [-0.25, -0.2) is 0 Å². The lowest BCUT2D eigenvalue weighted by molar-refractivity contribution is 0.263. The van der Waals surface area contributed by atoms with Crippen LogP contribution in [0.15, 0.2) is 24.3 Å². The van der Waals surface area contributed by atoms with Crippen molar-refractivity contribution >= 4 is 11.5 Å². The second kappa shape index (κ2) is 4.43. The van der Waals surface area contributed by atoms with Gasteiger partial charge in [0.2, 0.25) is 0 Å². The van der Waals surface area contributed by atoms with Crippen molar-refractivity contribution in [2.45, 2.75) is 13.0 Å². The highest BCUT2D eigenvalue weighted by Gasteiger charge is 2.23.